The first-order valence-corrected chi connectivity index (χ1v) is 7.68. The number of hydrogen-bond donors (Lipinski definition) is 0. The minimum Gasteiger partial charge on any atom is -0.438 e. The van der Waals surface area contributed by atoms with E-state index in [-0.39, 0.29) is 0 Å². The third-order valence-electron chi connectivity index (χ3n) is 3.83. The van der Waals surface area contributed by atoms with Crippen LogP contribution in [0.25, 0.3) is 10.8 Å². The molecule has 0 amide bonds. The van der Waals surface area contributed by atoms with Gasteiger partial charge < -0.3 is 4.74 Å². The van der Waals surface area contributed by atoms with E-state index in [0.29, 0.717) is 11.8 Å². The molecule has 3 aromatic rings. The van der Waals surface area contributed by atoms with Crippen molar-refractivity contribution < 1.29 is 4.74 Å². The van der Waals surface area contributed by atoms with Gasteiger partial charge in [-0.25, -0.2) is 4.98 Å². The predicted octanol–water partition coefficient (Wildman–Crippen LogP) is 5.77. The van der Waals surface area contributed by atoms with Gasteiger partial charge in [0.2, 0.25) is 5.88 Å². The SMILES string of the molecule is Cc1cc(C)cc(Oc2nccc3cc(C(C)C)ccc23)c1. The van der Waals surface area contributed by atoms with E-state index in [0.717, 1.165) is 11.1 Å². The van der Waals surface area contributed by atoms with Crippen LogP contribution in [0, 0.1) is 13.8 Å². The Bertz CT molecular complexity index is 801. The van der Waals surface area contributed by atoms with Gasteiger partial charge in [0.1, 0.15) is 5.75 Å². The van der Waals surface area contributed by atoms with Crippen molar-refractivity contribution >= 4 is 10.8 Å². The highest BCUT2D eigenvalue weighted by atomic mass is 16.5. The van der Waals surface area contributed by atoms with E-state index < -0.39 is 0 Å². The number of pyridine rings is 1. The van der Waals surface area contributed by atoms with Crippen LogP contribution in [0.3, 0.4) is 0 Å². The normalized spacial score (nSPS) is 11.1. The zero-order chi connectivity index (χ0) is 15.7. The van der Waals surface area contributed by atoms with E-state index in [2.05, 4.69) is 56.9 Å². The highest BCUT2D eigenvalue weighted by Gasteiger charge is 2.08. The minimum absolute atomic E-state index is 0.515. The molecule has 2 heteroatoms. The molecule has 0 radical (unpaired) electrons. The zero-order valence-electron chi connectivity index (χ0n) is 13.6. The number of aromatic nitrogens is 1. The molecule has 0 saturated heterocycles. The Kier molecular flexibility index (Phi) is 3.84. The van der Waals surface area contributed by atoms with Crippen molar-refractivity contribution in [3.63, 3.8) is 0 Å². The van der Waals surface area contributed by atoms with E-state index in [4.69, 9.17) is 4.74 Å². The fourth-order valence-corrected chi connectivity index (χ4v) is 2.71. The molecule has 112 valence electrons. The Morgan fingerprint density at radius 1 is 0.909 bits per heavy atom. The average molecular weight is 291 g/mol. The highest BCUT2D eigenvalue weighted by Crippen LogP contribution is 2.30. The van der Waals surface area contributed by atoms with Gasteiger partial charge in [-0.2, -0.15) is 0 Å². The van der Waals surface area contributed by atoms with Crippen molar-refractivity contribution in [2.24, 2.45) is 0 Å². The molecule has 2 nitrogen and oxygen atoms in total. The van der Waals surface area contributed by atoms with Gasteiger partial charge in [-0.1, -0.05) is 32.0 Å². The summed E-state index contributed by atoms with van der Waals surface area (Å²) < 4.78 is 6.04. The van der Waals surface area contributed by atoms with E-state index in [1.807, 2.05) is 24.4 Å². The maximum Gasteiger partial charge on any atom is 0.227 e. The van der Waals surface area contributed by atoms with Crippen molar-refractivity contribution in [3.8, 4) is 11.6 Å². The first kappa shape index (κ1) is 14.6. The first-order valence-electron chi connectivity index (χ1n) is 7.68. The lowest BCUT2D eigenvalue weighted by atomic mass is 10.0. The Morgan fingerprint density at radius 3 is 2.32 bits per heavy atom. The molecule has 2 aromatic carbocycles. The summed E-state index contributed by atoms with van der Waals surface area (Å²) in [6, 6.07) is 14.7. The lowest BCUT2D eigenvalue weighted by Gasteiger charge is -2.11. The van der Waals surface area contributed by atoms with Gasteiger partial charge in [0.25, 0.3) is 0 Å². The predicted molar refractivity (Wildman–Crippen MR) is 91.8 cm³/mol. The summed E-state index contributed by atoms with van der Waals surface area (Å²) in [5, 5.41) is 2.21. The van der Waals surface area contributed by atoms with E-state index >= 15 is 0 Å². The van der Waals surface area contributed by atoms with Gasteiger partial charge >= 0.3 is 0 Å². The van der Waals surface area contributed by atoms with Crippen LogP contribution in [0.4, 0.5) is 0 Å². The highest BCUT2D eigenvalue weighted by molar-refractivity contribution is 5.87. The van der Waals surface area contributed by atoms with Crippen LogP contribution in [0.2, 0.25) is 0 Å². The Balaban J connectivity index is 2.03. The Hall–Kier alpha value is -2.35. The third kappa shape index (κ3) is 2.96. The summed E-state index contributed by atoms with van der Waals surface area (Å²) in [7, 11) is 0. The van der Waals surface area contributed by atoms with Crippen LogP contribution in [0.1, 0.15) is 36.5 Å². The summed E-state index contributed by atoms with van der Waals surface area (Å²) in [4.78, 5) is 4.41. The molecule has 0 spiro atoms. The Morgan fingerprint density at radius 2 is 1.64 bits per heavy atom. The molecule has 1 aromatic heterocycles. The molecule has 0 saturated carbocycles. The van der Waals surface area contributed by atoms with Crippen molar-refractivity contribution in [1.29, 1.82) is 0 Å². The number of ether oxygens (including phenoxy) is 1. The van der Waals surface area contributed by atoms with Crippen molar-refractivity contribution in [1.82, 2.24) is 4.98 Å². The maximum absolute atomic E-state index is 6.04. The lowest BCUT2D eigenvalue weighted by Crippen LogP contribution is -1.92. The van der Waals surface area contributed by atoms with E-state index in [1.165, 1.54) is 22.1 Å². The van der Waals surface area contributed by atoms with Crippen LogP contribution < -0.4 is 4.74 Å². The zero-order valence-corrected chi connectivity index (χ0v) is 13.6. The summed E-state index contributed by atoms with van der Waals surface area (Å²) in [6.45, 7) is 8.56. The number of hydrogen-bond acceptors (Lipinski definition) is 2. The molecular weight excluding hydrogens is 270 g/mol. The van der Waals surface area contributed by atoms with Gasteiger partial charge in [-0.15, -0.1) is 0 Å². The fourth-order valence-electron chi connectivity index (χ4n) is 2.71. The second kappa shape index (κ2) is 5.80. The molecule has 1 heterocycles. The van der Waals surface area contributed by atoms with Crippen molar-refractivity contribution in [2.75, 3.05) is 0 Å². The third-order valence-corrected chi connectivity index (χ3v) is 3.83. The van der Waals surface area contributed by atoms with E-state index in [1.54, 1.807) is 0 Å². The van der Waals surface area contributed by atoms with Crippen LogP contribution >= 0.6 is 0 Å². The smallest absolute Gasteiger partial charge is 0.227 e. The molecule has 0 aliphatic heterocycles. The number of fused-ring (bicyclic) bond motifs is 1. The molecule has 22 heavy (non-hydrogen) atoms. The lowest BCUT2D eigenvalue weighted by molar-refractivity contribution is 0.468. The molecule has 0 fully saturated rings. The van der Waals surface area contributed by atoms with Crippen LogP contribution in [0.15, 0.2) is 48.7 Å². The van der Waals surface area contributed by atoms with Crippen molar-refractivity contribution in [2.45, 2.75) is 33.6 Å². The number of nitrogens with zero attached hydrogens (tertiary/aromatic N) is 1. The van der Waals surface area contributed by atoms with Crippen molar-refractivity contribution in [3.05, 3.63) is 65.4 Å². The molecule has 0 bridgehead atoms. The molecule has 0 N–H and O–H groups in total. The summed E-state index contributed by atoms with van der Waals surface area (Å²) in [5.74, 6) is 2.02. The quantitative estimate of drug-likeness (QED) is 0.611. The van der Waals surface area contributed by atoms with Crippen LogP contribution in [0.5, 0.6) is 11.6 Å². The topological polar surface area (TPSA) is 22.1 Å². The minimum atomic E-state index is 0.515. The average Bonchev–Trinajstić information content (AvgIpc) is 2.46. The monoisotopic (exact) mass is 291 g/mol. The first-order chi connectivity index (χ1) is 10.5. The molecule has 0 aliphatic carbocycles. The maximum atomic E-state index is 6.04. The standard InChI is InChI=1S/C20H21NO/c1-13(2)16-5-6-19-17(12-16)7-8-21-20(19)22-18-10-14(3)9-15(4)11-18/h5-13H,1-4H3. The number of aryl methyl sites for hydroxylation is 2. The molecule has 0 aliphatic rings. The summed E-state index contributed by atoms with van der Waals surface area (Å²) in [6.07, 6.45) is 1.81. The van der Waals surface area contributed by atoms with Crippen LogP contribution in [-0.2, 0) is 0 Å². The molecular formula is C20H21NO. The molecule has 0 atom stereocenters. The number of benzene rings is 2. The number of rotatable bonds is 3. The van der Waals surface area contributed by atoms with Crippen LogP contribution in [-0.4, -0.2) is 4.98 Å². The van der Waals surface area contributed by atoms with Gasteiger partial charge in [0, 0.05) is 11.6 Å². The summed E-state index contributed by atoms with van der Waals surface area (Å²) >= 11 is 0. The molecule has 0 unspecified atom stereocenters. The summed E-state index contributed by atoms with van der Waals surface area (Å²) in [5.41, 5.74) is 3.71. The van der Waals surface area contributed by atoms with Gasteiger partial charge in [-0.05, 0) is 66.1 Å². The largest absolute Gasteiger partial charge is 0.438 e. The second-order valence-corrected chi connectivity index (χ2v) is 6.18. The second-order valence-electron chi connectivity index (χ2n) is 6.18. The van der Waals surface area contributed by atoms with Gasteiger partial charge in [0.15, 0.2) is 0 Å². The van der Waals surface area contributed by atoms with Gasteiger partial charge in [-0.3, -0.25) is 0 Å². The fraction of sp³-hybridized carbons (Fsp3) is 0.250. The molecule has 3 rings (SSSR count). The van der Waals surface area contributed by atoms with Gasteiger partial charge in [0.05, 0.1) is 0 Å². The Labute approximate surface area is 131 Å². The van der Waals surface area contributed by atoms with E-state index in [9.17, 15) is 0 Å².